The zero-order chi connectivity index (χ0) is 19.2. The molecule has 0 bridgehead atoms. The van der Waals surface area contributed by atoms with Crippen molar-refractivity contribution in [2.75, 3.05) is 4.90 Å². The van der Waals surface area contributed by atoms with Crippen LogP contribution in [-0.4, -0.2) is 16.8 Å². The van der Waals surface area contributed by atoms with E-state index in [0.717, 1.165) is 11.4 Å². The quantitative estimate of drug-likeness (QED) is 0.317. The Kier molecular flexibility index (Phi) is 5.22. The monoisotopic (exact) mass is 360 g/mol. The number of hydrogen-bond donors (Lipinski definition) is 2. The molecule has 0 saturated carbocycles. The zero-order valence-electron chi connectivity index (χ0n) is 14.2. The number of hydrogen-bond acceptors (Lipinski definition) is 4. The molecular formula is C20H16N4O3. The van der Waals surface area contributed by atoms with Crippen molar-refractivity contribution in [3.05, 3.63) is 101 Å². The lowest BCUT2D eigenvalue weighted by atomic mass is 10.2. The number of amides is 1. The summed E-state index contributed by atoms with van der Waals surface area (Å²) in [6.07, 6.45) is 0. The van der Waals surface area contributed by atoms with Crippen LogP contribution < -0.4 is 10.2 Å². The maximum Gasteiger partial charge on any atom is 0.269 e. The van der Waals surface area contributed by atoms with Crippen LogP contribution in [0.2, 0.25) is 0 Å². The third-order valence-corrected chi connectivity index (χ3v) is 3.82. The first-order valence-corrected chi connectivity index (χ1v) is 8.11. The minimum Gasteiger partial charge on any atom is -0.292 e. The van der Waals surface area contributed by atoms with E-state index in [4.69, 9.17) is 5.41 Å². The smallest absolute Gasteiger partial charge is 0.269 e. The molecule has 3 aromatic carbocycles. The maximum absolute atomic E-state index is 12.5. The minimum absolute atomic E-state index is 0.100. The molecule has 0 radical (unpaired) electrons. The Bertz CT molecular complexity index is 918. The fraction of sp³-hybridized carbons (Fsp3) is 0. The Morgan fingerprint density at radius 2 is 1.33 bits per heavy atom. The first-order valence-electron chi connectivity index (χ1n) is 8.11. The SMILES string of the molecule is N=C(NC(=O)c1ccc([N+](=O)[O-])cc1)N(c1ccccc1)c1ccccc1. The van der Waals surface area contributed by atoms with Crippen LogP contribution in [0.4, 0.5) is 17.1 Å². The number of nitrogens with zero attached hydrogens (tertiary/aromatic N) is 2. The van der Waals surface area contributed by atoms with Gasteiger partial charge in [0.2, 0.25) is 5.96 Å². The molecule has 1 amide bonds. The summed E-state index contributed by atoms with van der Waals surface area (Å²) in [5.41, 5.74) is 1.57. The predicted molar refractivity (Wildman–Crippen MR) is 103 cm³/mol. The first kappa shape index (κ1) is 17.8. The molecule has 0 heterocycles. The van der Waals surface area contributed by atoms with Gasteiger partial charge in [-0.05, 0) is 36.4 Å². The van der Waals surface area contributed by atoms with Crippen molar-refractivity contribution in [1.82, 2.24) is 5.32 Å². The van der Waals surface area contributed by atoms with Crippen molar-refractivity contribution in [1.29, 1.82) is 5.41 Å². The molecule has 0 aliphatic rings. The lowest BCUT2D eigenvalue weighted by molar-refractivity contribution is -0.384. The Morgan fingerprint density at radius 3 is 1.78 bits per heavy atom. The molecular weight excluding hydrogens is 344 g/mol. The number of nitro groups is 1. The lowest BCUT2D eigenvalue weighted by Crippen LogP contribution is -2.41. The maximum atomic E-state index is 12.5. The molecule has 134 valence electrons. The molecule has 7 heteroatoms. The Balaban J connectivity index is 1.84. The molecule has 2 N–H and O–H groups in total. The molecule has 27 heavy (non-hydrogen) atoms. The van der Waals surface area contributed by atoms with Gasteiger partial charge in [-0.25, -0.2) is 0 Å². The van der Waals surface area contributed by atoms with Crippen LogP contribution in [0.25, 0.3) is 0 Å². The largest absolute Gasteiger partial charge is 0.292 e. The zero-order valence-corrected chi connectivity index (χ0v) is 14.2. The Morgan fingerprint density at radius 1 is 0.852 bits per heavy atom. The average molecular weight is 360 g/mol. The van der Waals surface area contributed by atoms with Gasteiger partial charge in [0.25, 0.3) is 11.6 Å². The second-order valence-corrected chi connectivity index (χ2v) is 5.61. The predicted octanol–water partition coefficient (Wildman–Crippen LogP) is 4.10. The summed E-state index contributed by atoms with van der Waals surface area (Å²) in [5, 5.41) is 21.7. The fourth-order valence-electron chi connectivity index (χ4n) is 2.53. The molecule has 0 aromatic heterocycles. The normalized spacial score (nSPS) is 10.1. The van der Waals surface area contributed by atoms with Gasteiger partial charge in [-0.1, -0.05) is 36.4 Å². The van der Waals surface area contributed by atoms with E-state index in [9.17, 15) is 14.9 Å². The van der Waals surface area contributed by atoms with Crippen LogP contribution >= 0.6 is 0 Å². The van der Waals surface area contributed by atoms with Crippen molar-refractivity contribution < 1.29 is 9.72 Å². The van der Waals surface area contributed by atoms with Gasteiger partial charge in [0.15, 0.2) is 0 Å². The number of nitrogens with one attached hydrogen (secondary N) is 2. The van der Waals surface area contributed by atoms with Crippen LogP contribution in [0.3, 0.4) is 0 Å². The van der Waals surface area contributed by atoms with Crippen LogP contribution in [0.5, 0.6) is 0 Å². The first-order chi connectivity index (χ1) is 13.1. The highest BCUT2D eigenvalue weighted by Gasteiger charge is 2.18. The molecule has 0 aliphatic heterocycles. The molecule has 3 rings (SSSR count). The highest BCUT2D eigenvalue weighted by atomic mass is 16.6. The van der Waals surface area contributed by atoms with Crippen molar-refractivity contribution in [3.63, 3.8) is 0 Å². The molecule has 0 unspecified atom stereocenters. The average Bonchev–Trinajstić information content (AvgIpc) is 2.70. The summed E-state index contributed by atoms with van der Waals surface area (Å²) >= 11 is 0. The Labute approximate surface area is 155 Å². The summed E-state index contributed by atoms with van der Waals surface area (Å²) in [4.78, 5) is 24.3. The van der Waals surface area contributed by atoms with E-state index >= 15 is 0 Å². The highest BCUT2D eigenvalue weighted by Crippen LogP contribution is 2.24. The van der Waals surface area contributed by atoms with Crippen LogP contribution in [0.1, 0.15) is 10.4 Å². The highest BCUT2D eigenvalue weighted by molar-refractivity contribution is 6.12. The van der Waals surface area contributed by atoms with E-state index in [1.54, 1.807) is 4.90 Å². The number of rotatable bonds is 4. The molecule has 0 spiro atoms. The fourth-order valence-corrected chi connectivity index (χ4v) is 2.53. The Hall–Kier alpha value is -4.00. The third-order valence-electron chi connectivity index (χ3n) is 3.82. The van der Waals surface area contributed by atoms with Gasteiger partial charge >= 0.3 is 0 Å². The van der Waals surface area contributed by atoms with E-state index in [2.05, 4.69) is 5.32 Å². The van der Waals surface area contributed by atoms with Crippen LogP contribution in [0, 0.1) is 15.5 Å². The van der Waals surface area contributed by atoms with Gasteiger partial charge in [-0.3, -0.25) is 30.5 Å². The number of carbonyl (C=O) groups is 1. The number of benzene rings is 3. The van der Waals surface area contributed by atoms with Gasteiger partial charge < -0.3 is 0 Å². The minimum atomic E-state index is -0.531. The van der Waals surface area contributed by atoms with E-state index in [-0.39, 0.29) is 17.2 Å². The topological polar surface area (TPSA) is 99.3 Å². The molecule has 3 aromatic rings. The summed E-state index contributed by atoms with van der Waals surface area (Å²) < 4.78 is 0. The number of para-hydroxylation sites is 2. The molecule has 0 saturated heterocycles. The van der Waals surface area contributed by atoms with E-state index < -0.39 is 10.8 Å². The van der Waals surface area contributed by atoms with Crippen molar-refractivity contribution in [3.8, 4) is 0 Å². The summed E-state index contributed by atoms with van der Waals surface area (Å²) in [5.74, 6) is -0.650. The number of anilines is 2. The number of carbonyl (C=O) groups excluding carboxylic acids is 1. The summed E-state index contributed by atoms with van der Waals surface area (Å²) in [7, 11) is 0. The van der Waals surface area contributed by atoms with Crippen LogP contribution in [0.15, 0.2) is 84.9 Å². The number of nitro benzene ring substituents is 1. The summed E-state index contributed by atoms with van der Waals surface area (Å²) in [6.45, 7) is 0. The number of non-ortho nitro benzene ring substituents is 1. The van der Waals surface area contributed by atoms with Crippen molar-refractivity contribution in [2.45, 2.75) is 0 Å². The lowest BCUT2D eigenvalue weighted by Gasteiger charge is -2.25. The van der Waals surface area contributed by atoms with Crippen molar-refractivity contribution >= 4 is 28.9 Å². The van der Waals surface area contributed by atoms with E-state index in [0.29, 0.717) is 0 Å². The van der Waals surface area contributed by atoms with Gasteiger partial charge in [0.1, 0.15) is 0 Å². The van der Waals surface area contributed by atoms with Crippen LogP contribution in [-0.2, 0) is 0 Å². The van der Waals surface area contributed by atoms with Gasteiger partial charge in [-0.15, -0.1) is 0 Å². The molecule has 0 atom stereocenters. The number of guanidine groups is 1. The van der Waals surface area contributed by atoms with Gasteiger partial charge in [0, 0.05) is 29.1 Å². The molecule has 0 fully saturated rings. The van der Waals surface area contributed by atoms with Gasteiger partial charge in [0.05, 0.1) is 4.92 Å². The van der Waals surface area contributed by atoms with E-state index in [1.807, 2.05) is 60.7 Å². The van der Waals surface area contributed by atoms with Crippen molar-refractivity contribution in [2.24, 2.45) is 0 Å². The molecule has 7 nitrogen and oxygen atoms in total. The second kappa shape index (κ2) is 7.92. The van der Waals surface area contributed by atoms with E-state index in [1.165, 1.54) is 24.3 Å². The summed E-state index contributed by atoms with van der Waals surface area (Å²) in [6, 6.07) is 23.7. The molecule has 0 aliphatic carbocycles. The second-order valence-electron chi connectivity index (χ2n) is 5.61. The van der Waals surface area contributed by atoms with Gasteiger partial charge in [-0.2, -0.15) is 0 Å². The third kappa shape index (κ3) is 4.16. The standard InChI is InChI=1S/C20H16N4O3/c21-20(22-19(25)15-11-13-18(14-12-15)24(26)27)23(16-7-3-1-4-8-16)17-9-5-2-6-10-17/h1-14H,(H2,21,22,25).